The van der Waals surface area contributed by atoms with Gasteiger partial charge in [-0.1, -0.05) is 0 Å². The lowest BCUT2D eigenvalue weighted by atomic mass is 10.3. The van der Waals surface area contributed by atoms with Crippen molar-refractivity contribution < 1.29 is 9.47 Å². The van der Waals surface area contributed by atoms with Gasteiger partial charge in [0.05, 0.1) is 26.4 Å². The second-order valence-electron chi connectivity index (χ2n) is 5.07. The van der Waals surface area contributed by atoms with E-state index in [1.807, 2.05) is 0 Å². The van der Waals surface area contributed by atoms with Crippen LogP contribution in [0, 0.1) is 0 Å². The predicted molar refractivity (Wildman–Crippen MR) is 75.5 cm³/mol. The fourth-order valence-corrected chi connectivity index (χ4v) is 2.71. The topological polar surface area (TPSA) is 92.3 Å². The molecule has 9 heteroatoms. The maximum absolute atomic E-state index is 5.38. The van der Waals surface area contributed by atoms with E-state index in [-0.39, 0.29) is 0 Å². The van der Waals surface area contributed by atoms with Gasteiger partial charge in [0.1, 0.15) is 0 Å². The first kappa shape index (κ1) is 12.7. The van der Waals surface area contributed by atoms with Crippen molar-refractivity contribution in [1.82, 2.24) is 25.6 Å². The molecule has 2 aliphatic heterocycles. The third kappa shape index (κ3) is 2.28. The fourth-order valence-electron chi connectivity index (χ4n) is 2.71. The van der Waals surface area contributed by atoms with E-state index in [0.717, 1.165) is 48.8 Å². The van der Waals surface area contributed by atoms with Crippen LogP contribution in [0.3, 0.4) is 0 Å². The molecule has 0 aliphatic carbocycles. The van der Waals surface area contributed by atoms with E-state index in [2.05, 4.69) is 35.4 Å². The first-order chi connectivity index (χ1) is 10.4. The van der Waals surface area contributed by atoms with Crippen LogP contribution in [0.4, 0.5) is 11.6 Å². The highest BCUT2D eigenvalue weighted by atomic mass is 16.5. The number of ether oxygens (including phenoxy) is 2. The van der Waals surface area contributed by atoms with Crippen molar-refractivity contribution >= 4 is 22.7 Å². The number of anilines is 2. The summed E-state index contributed by atoms with van der Waals surface area (Å²) in [6.07, 6.45) is 0. The van der Waals surface area contributed by atoms with Gasteiger partial charge < -0.3 is 19.3 Å². The Morgan fingerprint density at radius 3 is 1.57 bits per heavy atom. The molecule has 4 heterocycles. The molecule has 2 aromatic heterocycles. The maximum atomic E-state index is 5.38. The number of aromatic nitrogens is 5. The molecular formula is C12H17N7O2. The van der Waals surface area contributed by atoms with E-state index in [4.69, 9.17) is 9.47 Å². The fraction of sp³-hybridized carbons (Fsp3) is 0.667. The van der Waals surface area contributed by atoms with E-state index in [0.29, 0.717) is 26.4 Å². The van der Waals surface area contributed by atoms with Gasteiger partial charge in [-0.25, -0.2) is 0 Å². The van der Waals surface area contributed by atoms with Gasteiger partial charge in [-0.15, -0.1) is 10.2 Å². The molecule has 2 saturated heterocycles. The molecule has 9 nitrogen and oxygen atoms in total. The number of rotatable bonds is 2. The molecule has 1 N–H and O–H groups in total. The Kier molecular flexibility index (Phi) is 3.28. The molecule has 4 rings (SSSR count). The minimum absolute atomic E-state index is 0.701. The Hall–Kier alpha value is -2.00. The summed E-state index contributed by atoms with van der Waals surface area (Å²) < 4.78 is 10.8. The van der Waals surface area contributed by atoms with Crippen LogP contribution in [-0.4, -0.2) is 78.2 Å². The summed E-state index contributed by atoms with van der Waals surface area (Å²) in [6.45, 7) is 6.00. The van der Waals surface area contributed by atoms with Crippen LogP contribution in [-0.2, 0) is 9.47 Å². The number of nitrogens with one attached hydrogen (secondary N) is 1. The zero-order chi connectivity index (χ0) is 14.1. The molecule has 21 heavy (non-hydrogen) atoms. The number of fused-ring (bicyclic) bond motifs is 1. The van der Waals surface area contributed by atoms with Crippen LogP contribution in [0.5, 0.6) is 0 Å². The summed E-state index contributed by atoms with van der Waals surface area (Å²) in [5, 5.41) is 20.0. The summed E-state index contributed by atoms with van der Waals surface area (Å²) in [5.74, 6) is 1.55. The minimum Gasteiger partial charge on any atom is -0.378 e. The van der Waals surface area contributed by atoms with Crippen molar-refractivity contribution in [3.8, 4) is 0 Å². The molecule has 0 radical (unpaired) electrons. The lowest BCUT2D eigenvalue weighted by molar-refractivity contribution is 0.122. The molecule has 0 aromatic carbocycles. The third-order valence-corrected chi connectivity index (χ3v) is 3.83. The van der Waals surface area contributed by atoms with E-state index < -0.39 is 0 Å². The molecule has 0 saturated carbocycles. The average Bonchev–Trinajstić information content (AvgIpc) is 3.05. The molecule has 0 spiro atoms. The molecule has 0 unspecified atom stereocenters. The Labute approximate surface area is 121 Å². The van der Waals surface area contributed by atoms with Crippen LogP contribution >= 0.6 is 0 Å². The van der Waals surface area contributed by atoms with E-state index in [1.54, 1.807) is 0 Å². The molecule has 112 valence electrons. The van der Waals surface area contributed by atoms with Gasteiger partial charge in [0, 0.05) is 26.2 Å². The van der Waals surface area contributed by atoms with Gasteiger partial charge in [-0.05, 0) is 0 Å². The standard InChI is InChI=1S/C12H17N7O2/c1-5-20-6-2-18(1)11-9-10(14-17-13-9)12(16-15-11)19-3-7-21-8-4-19/h1-8H2,(H,13,14,17). The van der Waals surface area contributed by atoms with Crippen molar-refractivity contribution in [1.29, 1.82) is 0 Å². The Balaban J connectivity index is 1.72. The zero-order valence-electron chi connectivity index (χ0n) is 11.7. The first-order valence-electron chi connectivity index (χ1n) is 7.16. The lowest BCUT2D eigenvalue weighted by Gasteiger charge is -2.29. The van der Waals surface area contributed by atoms with Gasteiger partial charge >= 0.3 is 0 Å². The minimum atomic E-state index is 0.701. The smallest absolute Gasteiger partial charge is 0.181 e. The quantitative estimate of drug-likeness (QED) is 0.786. The third-order valence-electron chi connectivity index (χ3n) is 3.83. The van der Waals surface area contributed by atoms with Crippen molar-refractivity contribution in [3.05, 3.63) is 0 Å². The molecule has 0 bridgehead atoms. The van der Waals surface area contributed by atoms with Gasteiger partial charge in [0.15, 0.2) is 22.7 Å². The van der Waals surface area contributed by atoms with Crippen molar-refractivity contribution in [3.63, 3.8) is 0 Å². The second-order valence-corrected chi connectivity index (χ2v) is 5.07. The molecule has 2 aromatic rings. The Morgan fingerprint density at radius 2 is 1.14 bits per heavy atom. The van der Waals surface area contributed by atoms with Crippen LogP contribution in [0.2, 0.25) is 0 Å². The van der Waals surface area contributed by atoms with Crippen LogP contribution in [0.15, 0.2) is 0 Å². The number of morpholine rings is 2. The average molecular weight is 291 g/mol. The number of H-pyrrole nitrogens is 1. The summed E-state index contributed by atoms with van der Waals surface area (Å²) in [7, 11) is 0. The van der Waals surface area contributed by atoms with Crippen molar-refractivity contribution in [2.75, 3.05) is 62.4 Å². The monoisotopic (exact) mass is 291 g/mol. The van der Waals surface area contributed by atoms with E-state index in [9.17, 15) is 0 Å². The zero-order valence-corrected chi connectivity index (χ0v) is 11.7. The summed E-state index contributed by atoms with van der Waals surface area (Å²) in [4.78, 5) is 4.29. The number of nitrogens with zero attached hydrogens (tertiary/aromatic N) is 6. The molecular weight excluding hydrogens is 274 g/mol. The Bertz CT molecular complexity index is 567. The molecule has 2 fully saturated rings. The Morgan fingerprint density at radius 1 is 0.714 bits per heavy atom. The van der Waals surface area contributed by atoms with Crippen molar-refractivity contribution in [2.24, 2.45) is 0 Å². The number of hydrogen-bond acceptors (Lipinski definition) is 8. The van der Waals surface area contributed by atoms with Crippen LogP contribution in [0.25, 0.3) is 11.0 Å². The SMILES string of the molecule is C1CN(c2nnc(N3CCOCC3)c3n[nH]nc23)CCO1. The summed E-state index contributed by atoms with van der Waals surface area (Å²) in [6, 6.07) is 0. The molecule has 0 amide bonds. The normalized spacial score (nSPS) is 20.2. The molecule has 0 atom stereocenters. The summed E-state index contributed by atoms with van der Waals surface area (Å²) >= 11 is 0. The number of hydrogen-bond donors (Lipinski definition) is 1. The summed E-state index contributed by atoms with van der Waals surface area (Å²) in [5.41, 5.74) is 1.54. The van der Waals surface area contributed by atoms with E-state index >= 15 is 0 Å². The van der Waals surface area contributed by atoms with Gasteiger partial charge in [0.2, 0.25) is 0 Å². The first-order valence-corrected chi connectivity index (χ1v) is 7.16. The maximum Gasteiger partial charge on any atom is 0.181 e. The highest BCUT2D eigenvalue weighted by Crippen LogP contribution is 2.27. The van der Waals surface area contributed by atoms with Gasteiger partial charge in [0.25, 0.3) is 0 Å². The largest absolute Gasteiger partial charge is 0.378 e. The van der Waals surface area contributed by atoms with Gasteiger partial charge in [-0.3, -0.25) is 0 Å². The highest BCUT2D eigenvalue weighted by molar-refractivity contribution is 5.92. The lowest BCUT2D eigenvalue weighted by Crippen LogP contribution is -2.38. The van der Waals surface area contributed by atoms with Crippen molar-refractivity contribution in [2.45, 2.75) is 0 Å². The second kappa shape index (κ2) is 5.41. The van der Waals surface area contributed by atoms with Crippen LogP contribution < -0.4 is 9.80 Å². The van der Waals surface area contributed by atoms with Crippen LogP contribution in [0.1, 0.15) is 0 Å². The van der Waals surface area contributed by atoms with Gasteiger partial charge in [-0.2, -0.15) is 15.4 Å². The predicted octanol–water partition coefficient (Wildman–Crippen LogP) is -0.579. The van der Waals surface area contributed by atoms with E-state index in [1.165, 1.54) is 0 Å². The highest BCUT2D eigenvalue weighted by Gasteiger charge is 2.23. The number of aromatic amines is 1. The molecule has 2 aliphatic rings.